The highest BCUT2D eigenvalue weighted by Crippen LogP contribution is 1.96. The van der Waals surface area contributed by atoms with Gasteiger partial charge in [0.15, 0.2) is 0 Å². The highest BCUT2D eigenvalue weighted by Gasteiger charge is 2.07. The molecule has 2 amide bonds. The van der Waals surface area contributed by atoms with E-state index in [2.05, 4.69) is 15.6 Å². The quantitative estimate of drug-likeness (QED) is 0.626. The highest BCUT2D eigenvalue weighted by atomic mass is 16.4. The van der Waals surface area contributed by atoms with Gasteiger partial charge in [0, 0.05) is 31.8 Å². The SMILES string of the molecule is O=C(O)CNC(=O)CCC(=O)NCc1ccncc1. The summed E-state index contributed by atoms with van der Waals surface area (Å²) in [5.41, 5.74) is 0.915. The van der Waals surface area contributed by atoms with Gasteiger partial charge in [-0.1, -0.05) is 0 Å². The van der Waals surface area contributed by atoms with E-state index in [1.807, 2.05) is 0 Å². The molecule has 1 rings (SSSR count). The smallest absolute Gasteiger partial charge is 0.322 e. The Labute approximate surface area is 110 Å². The molecule has 1 aromatic heterocycles. The number of aliphatic carboxylic acids is 1. The monoisotopic (exact) mass is 265 g/mol. The molecule has 0 aliphatic rings. The van der Waals surface area contributed by atoms with Gasteiger partial charge in [-0.15, -0.1) is 0 Å². The van der Waals surface area contributed by atoms with Crippen molar-refractivity contribution in [3.8, 4) is 0 Å². The number of nitrogens with zero attached hydrogens (tertiary/aromatic N) is 1. The van der Waals surface area contributed by atoms with Gasteiger partial charge in [-0.25, -0.2) is 0 Å². The maximum atomic E-state index is 11.4. The Morgan fingerprint density at radius 1 is 1.05 bits per heavy atom. The largest absolute Gasteiger partial charge is 0.480 e. The molecule has 0 saturated carbocycles. The molecule has 0 fully saturated rings. The van der Waals surface area contributed by atoms with E-state index in [9.17, 15) is 14.4 Å². The molecule has 0 radical (unpaired) electrons. The number of aromatic nitrogens is 1. The van der Waals surface area contributed by atoms with E-state index in [0.29, 0.717) is 6.54 Å². The summed E-state index contributed by atoms with van der Waals surface area (Å²) >= 11 is 0. The molecule has 7 heteroatoms. The Hall–Kier alpha value is -2.44. The van der Waals surface area contributed by atoms with E-state index in [-0.39, 0.29) is 18.7 Å². The number of carboxylic acid groups (broad SMARTS) is 1. The number of carbonyl (C=O) groups is 3. The van der Waals surface area contributed by atoms with Crippen molar-refractivity contribution in [2.45, 2.75) is 19.4 Å². The second-order valence-corrected chi connectivity index (χ2v) is 3.80. The van der Waals surface area contributed by atoms with Crippen LogP contribution in [0.4, 0.5) is 0 Å². The first-order valence-electron chi connectivity index (χ1n) is 5.72. The number of carbonyl (C=O) groups excluding carboxylic acids is 2. The van der Waals surface area contributed by atoms with Crippen molar-refractivity contribution in [3.05, 3.63) is 30.1 Å². The third kappa shape index (κ3) is 6.77. The molecule has 1 heterocycles. The van der Waals surface area contributed by atoms with Crippen LogP contribution in [0.3, 0.4) is 0 Å². The van der Waals surface area contributed by atoms with E-state index >= 15 is 0 Å². The molecule has 19 heavy (non-hydrogen) atoms. The molecule has 102 valence electrons. The summed E-state index contributed by atoms with van der Waals surface area (Å²) in [6.07, 6.45) is 3.24. The van der Waals surface area contributed by atoms with Crippen LogP contribution in [0.1, 0.15) is 18.4 Å². The molecule has 0 saturated heterocycles. The summed E-state index contributed by atoms with van der Waals surface area (Å²) in [5, 5.41) is 13.2. The van der Waals surface area contributed by atoms with Crippen LogP contribution in [-0.4, -0.2) is 34.4 Å². The van der Waals surface area contributed by atoms with Crippen molar-refractivity contribution < 1.29 is 19.5 Å². The minimum absolute atomic E-state index is 0.0243. The van der Waals surface area contributed by atoms with Crippen molar-refractivity contribution in [1.82, 2.24) is 15.6 Å². The minimum Gasteiger partial charge on any atom is -0.480 e. The highest BCUT2D eigenvalue weighted by molar-refractivity contribution is 5.85. The Morgan fingerprint density at radius 3 is 2.21 bits per heavy atom. The fourth-order valence-electron chi connectivity index (χ4n) is 1.28. The minimum atomic E-state index is -1.12. The van der Waals surface area contributed by atoms with Gasteiger partial charge in [0.2, 0.25) is 11.8 Å². The Bertz CT molecular complexity index is 448. The molecular formula is C12H15N3O4. The third-order valence-electron chi connectivity index (χ3n) is 2.25. The number of hydrogen-bond donors (Lipinski definition) is 3. The molecule has 0 atom stereocenters. The van der Waals surface area contributed by atoms with Crippen LogP contribution in [0.25, 0.3) is 0 Å². The van der Waals surface area contributed by atoms with E-state index in [0.717, 1.165) is 5.56 Å². The van der Waals surface area contributed by atoms with Crippen LogP contribution in [0.15, 0.2) is 24.5 Å². The first-order valence-corrected chi connectivity index (χ1v) is 5.72. The second kappa shape index (κ2) is 7.80. The van der Waals surface area contributed by atoms with Gasteiger partial charge in [0.05, 0.1) is 0 Å². The summed E-state index contributed by atoms with van der Waals surface area (Å²) < 4.78 is 0. The van der Waals surface area contributed by atoms with Gasteiger partial charge in [-0.2, -0.15) is 0 Å². The standard InChI is InChI=1S/C12H15N3O4/c16-10(1-2-11(17)15-8-12(18)19)14-7-9-3-5-13-6-4-9/h3-6H,1-2,7-8H2,(H,14,16)(H,15,17)(H,18,19). The molecule has 3 N–H and O–H groups in total. The van der Waals surface area contributed by atoms with E-state index < -0.39 is 18.4 Å². The average Bonchev–Trinajstić information content (AvgIpc) is 2.41. The predicted octanol–water partition coefficient (Wildman–Crippen LogP) is -0.321. The van der Waals surface area contributed by atoms with Gasteiger partial charge in [-0.3, -0.25) is 19.4 Å². The van der Waals surface area contributed by atoms with Crippen LogP contribution in [-0.2, 0) is 20.9 Å². The number of rotatable bonds is 7. The zero-order valence-corrected chi connectivity index (χ0v) is 10.3. The first kappa shape index (κ1) is 14.6. The summed E-state index contributed by atoms with van der Waals surface area (Å²) in [7, 11) is 0. The van der Waals surface area contributed by atoms with Crippen LogP contribution in [0.2, 0.25) is 0 Å². The lowest BCUT2D eigenvalue weighted by Crippen LogP contribution is -2.31. The fraction of sp³-hybridized carbons (Fsp3) is 0.333. The molecule has 0 bridgehead atoms. The van der Waals surface area contributed by atoms with E-state index in [4.69, 9.17) is 5.11 Å². The van der Waals surface area contributed by atoms with Crippen molar-refractivity contribution >= 4 is 17.8 Å². The van der Waals surface area contributed by atoms with Crippen LogP contribution < -0.4 is 10.6 Å². The topological polar surface area (TPSA) is 108 Å². The molecular weight excluding hydrogens is 250 g/mol. The lowest BCUT2D eigenvalue weighted by atomic mass is 10.2. The zero-order chi connectivity index (χ0) is 14.1. The third-order valence-corrected chi connectivity index (χ3v) is 2.25. The molecule has 0 unspecified atom stereocenters. The van der Waals surface area contributed by atoms with Crippen molar-refractivity contribution in [2.75, 3.05) is 6.54 Å². The number of carboxylic acids is 1. The Balaban J connectivity index is 2.17. The molecule has 7 nitrogen and oxygen atoms in total. The first-order chi connectivity index (χ1) is 9.08. The number of hydrogen-bond acceptors (Lipinski definition) is 4. The Morgan fingerprint density at radius 2 is 1.63 bits per heavy atom. The molecule has 0 aliphatic heterocycles. The summed E-state index contributed by atoms with van der Waals surface area (Å²) in [4.78, 5) is 36.7. The van der Waals surface area contributed by atoms with Crippen molar-refractivity contribution in [2.24, 2.45) is 0 Å². The number of nitrogens with one attached hydrogen (secondary N) is 2. The maximum absolute atomic E-state index is 11.4. The Kier molecular flexibility index (Phi) is 6.00. The molecule has 0 spiro atoms. The normalized spacial score (nSPS) is 9.68. The number of amides is 2. The van der Waals surface area contributed by atoms with Gasteiger partial charge in [0.1, 0.15) is 6.54 Å². The summed E-state index contributed by atoms with van der Waals surface area (Å²) in [6.45, 7) is -0.0600. The summed E-state index contributed by atoms with van der Waals surface area (Å²) in [6, 6.07) is 3.56. The van der Waals surface area contributed by atoms with Crippen LogP contribution >= 0.6 is 0 Å². The predicted molar refractivity (Wildman–Crippen MR) is 66.0 cm³/mol. The van der Waals surface area contributed by atoms with Gasteiger partial charge in [0.25, 0.3) is 0 Å². The molecule has 0 aliphatic carbocycles. The van der Waals surface area contributed by atoms with Crippen molar-refractivity contribution in [3.63, 3.8) is 0 Å². The fourth-order valence-corrected chi connectivity index (χ4v) is 1.28. The van der Waals surface area contributed by atoms with Gasteiger partial charge < -0.3 is 15.7 Å². The lowest BCUT2D eigenvalue weighted by Gasteiger charge is -2.05. The second-order valence-electron chi connectivity index (χ2n) is 3.80. The number of pyridine rings is 1. The van der Waals surface area contributed by atoms with Crippen LogP contribution in [0.5, 0.6) is 0 Å². The summed E-state index contributed by atoms with van der Waals surface area (Å²) in [5.74, 6) is -1.83. The average molecular weight is 265 g/mol. The van der Waals surface area contributed by atoms with Crippen molar-refractivity contribution in [1.29, 1.82) is 0 Å². The van der Waals surface area contributed by atoms with Gasteiger partial charge in [-0.05, 0) is 17.7 Å². The molecule has 1 aromatic rings. The van der Waals surface area contributed by atoms with E-state index in [1.165, 1.54) is 0 Å². The van der Waals surface area contributed by atoms with Gasteiger partial charge >= 0.3 is 5.97 Å². The molecule has 0 aromatic carbocycles. The van der Waals surface area contributed by atoms with E-state index in [1.54, 1.807) is 24.5 Å². The lowest BCUT2D eigenvalue weighted by molar-refractivity contribution is -0.138. The maximum Gasteiger partial charge on any atom is 0.322 e. The zero-order valence-electron chi connectivity index (χ0n) is 10.3. The van der Waals surface area contributed by atoms with Crippen LogP contribution in [0, 0.1) is 0 Å².